The zero-order valence-electron chi connectivity index (χ0n) is 10.4. The molecule has 0 bridgehead atoms. The molecule has 0 saturated heterocycles. The Bertz CT molecular complexity index is 920. The van der Waals surface area contributed by atoms with E-state index in [1.165, 1.54) is 12.1 Å². The fourth-order valence-electron chi connectivity index (χ4n) is 1.93. The highest BCUT2D eigenvalue weighted by Gasteiger charge is 2.16. The zero-order chi connectivity index (χ0) is 15.0. The minimum absolute atomic E-state index is 0.0503. The van der Waals surface area contributed by atoms with Crippen molar-refractivity contribution in [1.29, 1.82) is 0 Å². The maximum Gasteiger partial charge on any atom is 0.347 e. The molecule has 21 heavy (non-hydrogen) atoms. The summed E-state index contributed by atoms with van der Waals surface area (Å²) >= 11 is 3.10. The number of rotatable bonds is 2. The molecule has 0 spiro atoms. The number of nitrogens with zero attached hydrogens (tertiary/aromatic N) is 2. The first kappa shape index (κ1) is 13.4. The van der Waals surface area contributed by atoms with E-state index in [1.807, 2.05) is 0 Å². The summed E-state index contributed by atoms with van der Waals surface area (Å²) in [4.78, 5) is 26.6. The van der Waals surface area contributed by atoms with Crippen LogP contribution in [-0.2, 0) is 0 Å². The van der Waals surface area contributed by atoms with Crippen molar-refractivity contribution in [3.05, 3.63) is 67.5 Å². The average molecular weight is 347 g/mol. The molecule has 0 amide bonds. The van der Waals surface area contributed by atoms with Crippen LogP contribution < -0.4 is 5.63 Å². The Morgan fingerprint density at radius 2 is 1.95 bits per heavy atom. The second-order valence-corrected chi connectivity index (χ2v) is 5.10. The first-order chi connectivity index (χ1) is 10.1. The van der Waals surface area contributed by atoms with Crippen LogP contribution in [0.15, 0.2) is 56.1 Å². The molecule has 0 saturated carbocycles. The Kier molecular flexibility index (Phi) is 3.26. The minimum atomic E-state index is -0.527. The van der Waals surface area contributed by atoms with Gasteiger partial charge in [0.2, 0.25) is 5.89 Å². The molecular weight excluding hydrogens is 340 g/mol. The van der Waals surface area contributed by atoms with Crippen LogP contribution in [0.5, 0.6) is 0 Å². The first-order valence-corrected chi connectivity index (χ1v) is 6.70. The lowest BCUT2D eigenvalue weighted by molar-refractivity contribution is -0.385. The van der Waals surface area contributed by atoms with E-state index in [0.717, 1.165) is 0 Å². The molecule has 0 aliphatic heterocycles. The molecule has 3 aromatic rings. The van der Waals surface area contributed by atoms with Crippen molar-refractivity contribution >= 4 is 32.5 Å². The molecule has 0 N–H and O–H groups in total. The highest BCUT2D eigenvalue weighted by Crippen LogP contribution is 2.29. The first-order valence-electron chi connectivity index (χ1n) is 5.90. The van der Waals surface area contributed by atoms with E-state index in [-0.39, 0.29) is 11.6 Å². The van der Waals surface area contributed by atoms with Crippen molar-refractivity contribution in [2.24, 2.45) is 0 Å². The SMILES string of the molecule is O=c1oc(-c2ccc(Br)c([N+](=O)[O-])c2)nc2ccccc12. The molecule has 0 atom stereocenters. The Labute approximate surface area is 126 Å². The smallest absolute Gasteiger partial charge is 0.347 e. The fourth-order valence-corrected chi connectivity index (χ4v) is 2.32. The van der Waals surface area contributed by atoms with Gasteiger partial charge in [-0.2, -0.15) is 0 Å². The molecule has 0 radical (unpaired) electrons. The number of aromatic nitrogens is 1. The third kappa shape index (κ3) is 2.43. The summed E-state index contributed by atoms with van der Waals surface area (Å²) < 4.78 is 5.49. The molecule has 6 nitrogen and oxygen atoms in total. The topological polar surface area (TPSA) is 86.2 Å². The van der Waals surface area contributed by atoms with Crippen LogP contribution in [-0.4, -0.2) is 9.91 Å². The molecule has 3 rings (SSSR count). The summed E-state index contributed by atoms with van der Waals surface area (Å²) in [5.41, 5.74) is 0.202. The largest absolute Gasteiger partial charge is 0.403 e. The number of nitro groups is 1. The van der Waals surface area contributed by atoms with E-state index in [4.69, 9.17) is 4.42 Å². The lowest BCUT2D eigenvalue weighted by Crippen LogP contribution is -2.02. The maximum atomic E-state index is 11.9. The van der Waals surface area contributed by atoms with Gasteiger partial charge in [-0.1, -0.05) is 12.1 Å². The molecule has 7 heteroatoms. The van der Waals surface area contributed by atoms with E-state index in [9.17, 15) is 14.9 Å². The summed E-state index contributed by atoms with van der Waals surface area (Å²) in [6, 6.07) is 11.2. The number of benzene rings is 2. The highest BCUT2D eigenvalue weighted by atomic mass is 79.9. The molecule has 0 fully saturated rings. The second kappa shape index (κ2) is 5.10. The number of halogens is 1. The van der Waals surface area contributed by atoms with E-state index in [1.54, 1.807) is 30.3 Å². The van der Waals surface area contributed by atoms with Crippen molar-refractivity contribution in [2.75, 3.05) is 0 Å². The Morgan fingerprint density at radius 1 is 1.19 bits per heavy atom. The van der Waals surface area contributed by atoms with Gasteiger partial charge in [0.25, 0.3) is 5.69 Å². The predicted octanol–water partition coefficient (Wildman–Crippen LogP) is 3.53. The number of fused-ring (bicyclic) bond motifs is 1. The summed E-state index contributed by atoms with van der Waals surface area (Å²) in [5.74, 6) is 0.0503. The van der Waals surface area contributed by atoms with Crippen LogP contribution in [0.1, 0.15) is 0 Å². The van der Waals surface area contributed by atoms with Gasteiger partial charge in [-0.3, -0.25) is 10.1 Å². The standard InChI is InChI=1S/C14H7BrN2O4/c15-10-6-5-8(7-12(10)17(19)20)13-16-11-4-2-1-3-9(11)14(18)21-13/h1-7H. The van der Waals surface area contributed by atoms with Gasteiger partial charge >= 0.3 is 5.63 Å². The Balaban J connectivity index is 2.23. The lowest BCUT2D eigenvalue weighted by atomic mass is 10.2. The van der Waals surface area contributed by atoms with E-state index < -0.39 is 10.5 Å². The van der Waals surface area contributed by atoms with Crippen molar-refractivity contribution < 1.29 is 9.34 Å². The number of hydrogen-bond donors (Lipinski definition) is 0. The number of hydrogen-bond acceptors (Lipinski definition) is 5. The lowest BCUT2D eigenvalue weighted by Gasteiger charge is -2.02. The third-order valence-electron chi connectivity index (χ3n) is 2.93. The van der Waals surface area contributed by atoms with Crippen LogP contribution in [0.25, 0.3) is 22.4 Å². The van der Waals surface area contributed by atoms with Crippen LogP contribution >= 0.6 is 15.9 Å². The molecule has 1 heterocycles. The van der Waals surface area contributed by atoms with E-state index in [0.29, 0.717) is 20.9 Å². The molecule has 1 aromatic heterocycles. The minimum Gasteiger partial charge on any atom is -0.403 e. The van der Waals surface area contributed by atoms with Crippen molar-refractivity contribution in [3.8, 4) is 11.5 Å². The van der Waals surface area contributed by atoms with Gasteiger partial charge in [-0.15, -0.1) is 0 Å². The monoisotopic (exact) mass is 346 g/mol. The Morgan fingerprint density at radius 3 is 2.71 bits per heavy atom. The second-order valence-electron chi connectivity index (χ2n) is 4.25. The van der Waals surface area contributed by atoms with Gasteiger partial charge in [0, 0.05) is 11.6 Å². The molecule has 0 unspecified atom stereocenters. The number of para-hydroxylation sites is 1. The molecule has 104 valence electrons. The molecular formula is C14H7BrN2O4. The van der Waals surface area contributed by atoms with Crippen LogP contribution in [0.4, 0.5) is 5.69 Å². The number of nitro benzene ring substituents is 1. The van der Waals surface area contributed by atoms with E-state index in [2.05, 4.69) is 20.9 Å². The molecule has 2 aromatic carbocycles. The van der Waals surface area contributed by atoms with Crippen molar-refractivity contribution in [3.63, 3.8) is 0 Å². The normalized spacial score (nSPS) is 10.7. The Hall–Kier alpha value is -2.54. The highest BCUT2D eigenvalue weighted by molar-refractivity contribution is 9.10. The van der Waals surface area contributed by atoms with Crippen molar-refractivity contribution in [2.45, 2.75) is 0 Å². The third-order valence-corrected chi connectivity index (χ3v) is 3.60. The van der Waals surface area contributed by atoms with Gasteiger partial charge < -0.3 is 4.42 Å². The summed E-state index contributed by atoms with van der Waals surface area (Å²) in [6.07, 6.45) is 0. The fraction of sp³-hybridized carbons (Fsp3) is 0. The summed E-state index contributed by atoms with van der Waals surface area (Å²) in [5, 5.41) is 11.3. The van der Waals surface area contributed by atoms with Gasteiger partial charge in [-0.05, 0) is 40.2 Å². The maximum absolute atomic E-state index is 11.9. The van der Waals surface area contributed by atoms with Gasteiger partial charge in [0.05, 0.1) is 20.3 Å². The quantitative estimate of drug-likeness (QED) is 0.523. The predicted molar refractivity (Wildman–Crippen MR) is 80.1 cm³/mol. The van der Waals surface area contributed by atoms with Crippen LogP contribution in [0.3, 0.4) is 0 Å². The van der Waals surface area contributed by atoms with Crippen molar-refractivity contribution in [1.82, 2.24) is 4.98 Å². The van der Waals surface area contributed by atoms with Gasteiger partial charge in [0.1, 0.15) is 0 Å². The van der Waals surface area contributed by atoms with Crippen LogP contribution in [0, 0.1) is 10.1 Å². The van der Waals surface area contributed by atoms with Crippen LogP contribution in [0.2, 0.25) is 0 Å². The summed E-state index contributed by atoms with van der Waals surface area (Å²) in [7, 11) is 0. The van der Waals surface area contributed by atoms with Gasteiger partial charge in [0.15, 0.2) is 0 Å². The zero-order valence-corrected chi connectivity index (χ0v) is 12.0. The molecule has 0 aliphatic carbocycles. The van der Waals surface area contributed by atoms with Gasteiger partial charge in [-0.25, -0.2) is 9.78 Å². The molecule has 0 aliphatic rings. The summed E-state index contributed by atoms with van der Waals surface area (Å²) in [6.45, 7) is 0. The average Bonchev–Trinajstić information content (AvgIpc) is 2.47. The van der Waals surface area contributed by atoms with E-state index >= 15 is 0 Å².